The summed E-state index contributed by atoms with van der Waals surface area (Å²) in [6.07, 6.45) is 0. The number of benzene rings is 1. The highest BCUT2D eigenvalue weighted by Gasteiger charge is 2.19. The zero-order chi connectivity index (χ0) is 12.3. The van der Waals surface area contributed by atoms with Gasteiger partial charge in [0.2, 0.25) is 0 Å². The molecule has 0 aliphatic carbocycles. The van der Waals surface area contributed by atoms with Gasteiger partial charge in [0.05, 0.1) is 5.60 Å². The molecule has 0 fully saturated rings. The summed E-state index contributed by atoms with van der Waals surface area (Å²) in [5.41, 5.74) is -1.76. The Kier molecular flexibility index (Phi) is 3.59. The first-order valence-corrected chi connectivity index (χ1v) is 4.76. The molecule has 1 aromatic carbocycles. The highest BCUT2D eigenvalue weighted by atomic mass is 19.1. The SMILES string of the molecule is CC(C)(O)CNC(=O)c1c(F)cccc1F. The van der Waals surface area contributed by atoms with Gasteiger partial charge in [-0.05, 0) is 26.0 Å². The number of carbonyl (C=O) groups is 1. The summed E-state index contributed by atoms with van der Waals surface area (Å²) < 4.78 is 26.3. The second kappa shape index (κ2) is 4.57. The summed E-state index contributed by atoms with van der Waals surface area (Å²) in [5.74, 6) is -2.72. The van der Waals surface area contributed by atoms with Crippen LogP contribution in [0.3, 0.4) is 0 Å². The van der Waals surface area contributed by atoms with E-state index in [4.69, 9.17) is 0 Å². The first-order chi connectivity index (χ1) is 7.31. The number of carbonyl (C=O) groups excluding carboxylic acids is 1. The van der Waals surface area contributed by atoms with Crippen LogP contribution < -0.4 is 5.32 Å². The molecule has 1 amide bonds. The topological polar surface area (TPSA) is 49.3 Å². The van der Waals surface area contributed by atoms with E-state index in [2.05, 4.69) is 5.32 Å². The van der Waals surface area contributed by atoms with E-state index < -0.39 is 28.7 Å². The molecule has 1 rings (SSSR count). The van der Waals surface area contributed by atoms with E-state index in [1.54, 1.807) is 0 Å². The Morgan fingerprint density at radius 3 is 2.31 bits per heavy atom. The van der Waals surface area contributed by atoms with Gasteiger partial charge in [0.25, 0.3) is 5.91 Å². The van der Waals surface area contributed by atoms with Crippen LogP contribution in [0.5, 0.6) is 0 Å². The molecule has 0 spiro atoms. The molecule has 0 unspecified atom stereocenters. The fourth-order valence-corrected chi connectivity index (χ4v) is 1.10. The minimum Gasteiger partial charge on any atom is -0.389 e. The van der Waals surface area contributed by atoms with Crippen LogP contribution in [0.25, 0.3) is 0 Å². The molecule has 0 aliphatic heterocycles. The summed E-state index contributed by atoms with van der Waals surface area (Å²) in [7, 11) is 0. The molecule has 2 N–H and O–H groups in total. The Morgan fingerprint density at radius 2 is 1.88 bits per heavy atom. The molecule has 0 saturated carbocycles. The molecule has 0 atom stereocenters. The molecule has 0 heterocycles. The molecule has 0 aliphatic rings. The third kappa shape index (κ3) is 3.27. The lowest BCUT2D eigenvalue weighted by Crippen LogP contribution is -2.38. The lowest BCUT2D eigenvalue weighted by Gasteiger charge is -2.17. The molecule has 1 aromatic rings. The van der Waals surface area contributed by atoms with Crippen molar-refractivity contribution in [3.8, 4) is 0 Å². The van der Waals surface area contributed by atoms with Crippen molar-refractivity contribution in [2.24, 2.45) is 0 Å². The Hall–Kier alpha value is -1.49. The highest BCUT2D eigenvalue weighted by molar-refractivity contribution is 5.94. The molecule has 0 radical (unpaired) electrons. The number of hydrogen-bond acceptors (Lipinski definition) is 2. The standard InChI is InChI=1S/C11H13F2NO2/c1-11(2,16)6-14-10(15)9-7(12)4-3-5-8(9)13/h3-5,16H,6H2,1-2H3,(H,14,15). The van der Waals surface area contributed by atoms with E-state index in [-0.39, 0.29) is 6.54 Å². The van der Waals surface area contributed by atoms with Crippen LogP contribution in [-0.2, 0) is 0 Å². The third-order valence-electron chi connectivity index (χ3n) is 1.87. The number of aliphatic hydroxyl groups is 1. The fourth-order valence-electron chi connectivity index (χ4n) is 1.10. The highest BCUT2D eigenvalue weighted by Crippen LogP contribution is 2.12. The smallest absolute Gasteiger partial charge is 0.257 e. The maximum atomic E-state index is 13.2. The van der Waals surface area contributed by atoms with Gasteiger partial charge in [-0.25, -0.2) is 8.78 Å². The lowest BCUT2D eigenvalue weighted by atomic mass is 10.1. The van der Waals surface area contributed by atoms with Crippen LogP contribution in [0.15, 0.2) is 18.2 Å². The average Bonchev–Trinajstić information content (AvgIpc) is 2.13. The van der Waals surface area contributed by atoms with Crippen LogP contribution in [0.4, 0.5) is 8.78 Å². The Bertz CT molecular complexity index is 379. The van der Waals surface area contributed by atoms with E-state index in [0.29, 0.717) is 0 Å². The van der Waals surface area contributed by atoms with E-state index in [0.717, 1.165) is 12.1 Å². The second-order valence-corrected chi connectivity index (χ2v) is 4.09. The van der Waals surface area contributed by atoms with Crippen molar-refractivity contribution in [1.29, 1.82) is 0 Å². The fraction of sp³-hybridized carbons (Fsp3) is 0.364. The summed E-state index contributed by atoms with van der Waals surface area (Å²) in [5, 5.41) is 11.6. The molecule has 5 heteroatoms. The van der Waals surface area contributed by atoms with Crippen LogP contribution in [0.2, 0.25) is 0 Å². The monoisotopic (exact) mass is 229 g/mol. The lowest BCUT2D eigenvalue weighted by molar-refractivity contribution is 0.0690. The van der Waals surface area contributed by atoms with Crippen LogP contribution in [0.1, 0.15) is 24.2 Å². The molecule has 16 heavy (non-hydrogen) atoms. The first-order valence-electron chi connectivity index (χ1n) is 4.76. The van der Waals surface area contributed by atoms with E-state index >= 15 is 0 Å². The molecule has 0 aromatic heterocycles. The first kappa shape index (κ1) is 12.6. The van der Waals surface area contributed by atoms with Gasteiger partial charge in [0.15, 0.2) is 0 Å². The number of halogens is 2. The van der Waals surface area contributed by atoms with Crippen LogP contribution in [-0.4, -0.2) is 23.2 Å². The third-order valence-corrected chi connectivity index (χ3v) is 1.87. The zero-order valence-electron chi connectivity index (χ0n) is 9.05. The van der Waals surface area contributed by atoms with Gasteiger partial charge in [-0.1, -0.05) is 6.07 Å². The van der Waals surface area contributed by atoms with Gasteiger partial charge in [0, 0.05) is 6.54 Å². The van der Waals surface area contributed by atoms with Gasteiger partial charge in [0.1, 0.15) is 17.2 Å². The predicted octanol–water partition coefficient (Wildman–Crippen LogP) is 1.47. The Morgan fingerprint density at radius 1 is 1.38 bits per heavy atom. The number of hydrogen-bond donors (Lipinski definition) is 2. The van der Waals surface area contributed by atoms with Gasteiger partial charge in [-0.3, -0.25) is 4.79 Å². The van der Waals surface area contributed by atoms with Crippen LogP contribution >= 0.6 is 0 Å². The van der Waals surface area contributed by atoms with E-state index in [1.165, 1.54) is 19.9 Å². The Labute approximate surface area is 92.1 Å². The van der Waals surface area contributed by atoms with Crippen molar-refractivity contribution < 1.29 is 18.7 Å². The number of amides is 1. The summed E-state index contributed by atoms with van der Waals surface area (Å²) in [6.45, 7) is 2.87. The maximum Gasteiger partial charge on any atom is 0.257 e. The number of rotatable bonds is 3. The number of nitrogens with one attached hydrogen (secondary N) is 1. The van der Waals surface area contributed by atoms with Crippen molar-refractivity contribution in [3.63, 3.8) is 0 Å². The van der Waals surface area contributed by atoms with E-state index in [9.17, 15) is 18.7 Å². The molecule has 88 valence electrons. The minimum absolute atomic E-state index is 0.0837. The molecular weight excluding hydrogens is 216 g/mol. The van der Waals surface area contributed by atoms with Crippen molar-refractivity contribution in [2.75, 3.05) is 6.54 Å². The molecular formula is C11H13F2NO2. The van der Waals surface area contributed by atoms with Gasteiger partial charge in [-0.2, -0.15) is 0 Å². The molecule has 3 nitrogen and oxygen atoms in total. The molecule has 0 saturated heterocycles. The average molecular weight is 229 g/mol. The summed E-state index contributed by atoms with van der Waals surface area (Å²) in [6, 6.07) is 3.18. The van der Waals surface area contributed by atoms with Gasteiger partial charge in [-0.15, -0.1) is 0 Å². The van der Waals surface area contributed by atoms with Gasteiger partial charge >= 0.3 is 0 Å². The Balaban J connectivity index is 2.81. The van der Waals surface area contributed by atoms with Crippen molar-refractivity contribution >= 4 is 5.91 Å². The maximum absolute atomic E-state index is 13.2. The van der Waals surface area contributed by atoms with Crippen molar-refractivity contribution in [2.45, 2.75) is 19.4 Å². The summed E-state index contributed by atoms with van der Waals surface area (Å²) in [4.78, 5) is 11.4. The summed E-state index contributed by atoms with van der Waals surface area (Å²) >= 11 is 0. The van der Waals surface area contributed by atoms with E-state index in [1.807, 2.05) is 0 Å². The van der Waals surface area contributed by atoms with Gasteiger partial charge < -0.3 is 10.4 Å². The normalized spacial score (nSPS) is 11.3. The van der Waals surface area contributed by atoms with Crippen molar-refractivity contribution in [3.05, 3.63) is 35.4 Å². The molecule has 0 bridgehead atoms. The predicted molar refractivity (Wildman–Crippen MR) is 55.0 cm³/mol. The quantitative estimate of drug-likeness (QED) is 0.824. The largest absolute Gasteiger partial charge is 0.389 e. The minimum atomic E-state index is -1.13. The zero-order valence-corrected chi connectivity index (χ0v) is 9.05. The van der Waals surface area contributed by atoms with Crippen molar-refractivity contribution in [1.82, 2.24) is 5.32 Å². The second-order valence-electron chi connectivity index (χ2n) is 4.09. The van der Waals surface area contributed by atoms with Crippen LogP contribution in [0, 0.1) is 11.6 Å².